The van der Waals surface area contributed by atoms with Gasteiger partial charge in [0.2, 0.25) is 5.91 Å². The zero-order valence-electron chi connectivity index (χ0n) is 17.1. The van der Waals surface area contributed by atoms with E-state index in [4.69, 9.17) is 15.2 Å². The van der Waals surface area contributed by atoms with Gasteiger partial charge in [0, 0.05) is 31.2 Å². The summed E-state index contributed by atoms with van der Waals surface area (Å²) in [4.78, 5) is 12.8. The number of rotatable bonds is 7. The molecule has 0 aliphatic carbocycles. The number of benzene rings is 2. The lowest BCUT2D eigenvalue weighted by molar-refractivity contribution is -0.125. The second-order valence-corrected chi connectivity index (χ2v) is 7.56. The number of hydrogen-bond acceptors (Lipinski definition) is 4. The Hall–Kier alpha value is -2.08. The summed E-state index contributed by atoms with van der Waals surface area (Å²) in [6, 6.07) is 17.6. The van der Waals surface area contributed by atoms with Gasteiger partial charge in [-0.15, -0.1) is 12.4 Å². The summed E-state index contributed by atoms with van der Waals surface area (Å²) in [6.07, 6.45) is 1.75. The normalized spacial score (nSPS) is 17.5. The zero-order valence-corrected chi connectivity index (χ0v) is 17.9. The van der Waals surface area contributed by atoms with Crippen molar-refractivity contribution in [2.75, 3.05) is 26.9 Å². The molecule has 1 aliphatic rings. The highest BCUT2D eigenvalue weighted by molar-refractivity contribution is 5.85. The van der Waals surface area contributed by atoms with Gasteiger partial charge >= 0.3 is 0 Å². The SMILES string of the molecule is COc1ccc(C2(CNC(=O)C(C)C(N)c3ccccc3)CCOCC2)cc1.Cl. The van der Waals surface area contributed by atoms with Crippen LogP contribution in [0.4, 0.5) is 0 Å². The summed E-state index contributed by atoms with van der Waals surface area (Å²) in [5.41, 5.74) is 8.38. The molecule has 2 atom stereocenters. The molecule has 0 aromatic heterocycles. The van der Waals surface area contributed by atoms with Crippen LogP contribution in [0.3, 0.4) is 0 Å². The van der Waals surface area contributed by atoms with E-state index in [1.807, 2.05) is 49.4 Å². The molecule has 0 saturated carbocycles. The number of ether oxygens (including phenoxy) is 2. The minimum atomic E-state index is -0.326. The standard InChI is InChI=1S/C23H30N2O3.ClH/c1-17(21(24)18-6-4-3-5-7-18)22(26)25-16-23(12-14-28-15-13-23)19-8-10-20(27-2)11-9-19;/h3-11,17,21H,12-16,24H2,1-2H3,(H,25,26);1H. The number of amides is 1. The van der Waals surface area contributed by atoms with Gasteiger partial charge in [0.05, 0.1) is 13.0 Å². The van der Waals surface area contributed by atoms with Crippen LogP contribution in [0.15, 0.2) is 54.6 Å². The lowest BCUT2D eigenvalue weighted by atomic mass is 9.74. The zero-order chi connectivity index (χ0) is 20.0. The number of hydrogen-bond donors (Lipinski definition) is 2. The molecule has 1 amide bonds. The van der Waals surface area contributed by atoms with E-state index in [1.165, 1.54) is 5.56 Å². The minimum absolute atomic E-state index is 0. The molecule has 0 bridgehead atoms. The number of carbonyl (C=O) groups excluding carboxylic acids is 1. The summed E-state index contributed by atoms with van der Waals surface area (Å²) in [7, 11) is 1.66. The van der Waals surface area contributed by atoms with Crippen LogP contribution in [0.5, 0.6) is 5.75 Å². The molecule has 0 spiro atoms. The second-order valence-electron chi connectivity index (χ2n) is 7.56. The van der Waals surface area contributed by atoms with Crippen LogP contribution in [0.1, 0.15) is 36.9 Å². The summed E-state index contributed by atoms with van der Waals surface area (Å²) in [5, 5.41) is 3.16. The Morgan fingerprint density at radius 3 is 2.34 bits per heavy atom. The van der Waals surface area contributed by atoms with E-state index in [-0.39, 0.29) is 35.7 Å². The third kappa shape index (κ3) is 5.50. The monoisotopic (exact) mass is 418 g/mol. The Balaban J connectivity index is 0.00000300. The lowest BCUT2D eigenvalue weighted by Crippen LogP contribution is -2.46. The number of nitrogens with two attached hydrogens (primary N) is 1. The smallest absolute Gasteiger partial charge is 0.224 e. The fourth-order valence-corrected chi connectivity index (χ4v) is 3.82. The Morgan fingerprint density at radius 2 is 1.76 bits per heavy atom. The number of nitrogens with one attached hydrogen (secondary N) is 1. The fourth-order valence-electron chi connectivity index (χ4n) is 3.82. The Morgan fingerprint density at radius 1 is 1.14 bits per heavy atom. The number of carbonyl (C=O) groups is 1. The van der Waals surface area contributed by atoms with Crippen LogP contribution in [-0.4, -0.2) is 32.8 Å². The van der Waals surface area contributed by atoms with Gasteiger partial charge in [0.15, 0.2) is 0 Å². The van der Waals surface area contributed by atoms with Crippen molar-refractivity contribution in [3.8, 4) is 5.75 Å². The van der Waals surface area contributed by atoms with Crippen molar-refractivity contribution in [2.45, 2.75) is 31.2 Å². The minimum Gasteiger partial charge on any atom is -0.497 e. The van der Waals surface area contributed by atoms with E-state index >= 15 is 0 Å². The van der Waals surface area contributed by atoms with Crippen LogP contribution in [0, 0.1) is 5.92 Å². The van der Waals surface area contributed by atoms with Crippen LogP contribution in [-0.2, 0) is 14.9 Å². The summed E-state index contributed by atoms with van der Waals surface area (Å²) >= 11 is 0. The van der Waals surface area contributed by atoms with Crippen molar-refractivity contribution in [3.05, 3.63) is 65.7 Å². The van der Waals surface area contributed by atoms with Crippen molar-refractivity contribution in [1.29, 1.82) is 0 Å². The molecule has 2 unspecified atom stereocenters. The fraction of sp³-hybridized carbons (Fsp3) is 0.435. The van der Waals surface area contributed by atoms with Gasteiger partial charge in [0.25, 0.3) is 0 Å². The molecular formula is C23H31ClN2O3. The lowest BCUT2D eigenvalue weighted by Gasteiger charge is -2.38. The van der Waals surface area contributed by atoms with Gasteiger partial charge in [0.1, 0.15) is 5.75 Å². The third-order valence-electron chi connectivity index (χ3n) is 5.89. The van der Waals surface area contributed by atoms with E-state index in [2.05, 4.69) is 17.4 Å². The van der Waals surface area contributed by atoms with Gasteiger partial charge in [-0.05, 0) is 36.1 Å². The first-order chi connectivity index (χ1) is 13.6. The van der Waals surface area contributed by atoms with Crippen molar-refractivity contribution in [1.82, 2.24) is 5.32 Å². The number of halogens is 1. The number of methoxy groups -OCH3 is 1. The maximum atomic E-state index is 12.8. The van der Waals surface area contributed by atoms with Crippen LogP contribution < -0.4 is 15.8 Å². The largest absolute Gasteiger partial charge is 0.497 e. The predicted octanol–water partition coefficient (Wildman–Crippen LogP) is 3.62. The molecular weight excluding hydrogens is 388 g/mol. The topological polar surface area (TPSA) is 73.6 Å². The highest BCUT2D eigenvalue weighted by Crippen LogP contribution is 2.35. The van der Waals surface area contributed by atoms with E-state index < -0.39 is 0 Å². The molecule has 5 nitrogen and oxygen atoms in total. The Kier molecular flexibility index (Phi) is 8.50. The first kappa shape index (κ1) is 23.2. The molecule has 2 aromatic carbocycles. The molecule has 1 heterocycles. The quantitative estimate of drug-likeness (QED) is 0.720. The van der Waals surface area contributed by atoms with Gasteiger partial charge in [-0.1, -0.05) is 49.4 Å². The Bertz CT molecular complexity index is 761. The maximum absolute atomic E-state index is 12.8. The highest BCUT2D eigenvalue weighted by atomic mass is 35.5. The molecule has 1 fully saturated rings. The van der Waals surface area contributed by atoms with Gasteiger partial charge < -0.3 is 20.5 Å². The van der Waals surface area contributed by atoms with Crippen LogP contribution in [0.25, 0.3) is 0 Å². The molecule has 1 saturated heterocycles. The second kappa shape index (κ2) is 10.6. The highest BCUT2D eigenvalue weighted by Gasteiger charge is 2.35. The summed E-state index contributed by atoms with van der Waals surface area (Å²) < 4.78 is 10.9. The van der Waals surface area contributed by atoms with Crippen molar-refractivity contribution in [3.63, 3.8) is 0 Å². The molecule has 2 aromatic rings. The Labute approximate surface area is 179 Å². The molecule has 6 heteroatoms. The average Bonchev–Trinajstić information content (AvgIpc) is 2.77. The molecule has 1 aliphatic heterocycles. The molecule has 3 rings (SSSR count). The molecule has 29 heavy (non-hydrogen) atoms. The first-order valence-corrected chi connectivity index (χ1v) is 9.86. The van der Waals surface area contributed by atoms with E-state index in [9.17, 15) is 4.79 Å². The molecule has 0 radical (unpaired) electrons. The molecule has 3 N–H and O–H groups in total. The summed E-state index contributed by atoms with van der Waals surface area (Å²) in [5.74, 6) is 0.503. The van der Waals surface area contributed by atoms with Crippen LogP contribution >= 0.6 is 12.4 Å². The van der Waals surface area contributed by atoms with Crippen LogP contribution in [0.2, 0.25) is 0 Å². The van der Waals surface area contributed by atoms with Crippen molar-refractivity contribution in [2.24, 2.45) is 11.7 Å². The van der Waals surface area contributed by atoms with Crippen molar-refractivity contribution >= 4 is 18.3 Å². The summed E-state index contributed by atoms with van der Waals surface area (Å²) in [6.45, 7) is 3.85. The maximum Gasteiger partial charge on any atom is 0.224 e. The van der Waals surface area contributed by atoms with Gasteiger partial charge in [-0.25, -0.2) is 0 Å². The third-order valence-corrected chi connectivity index (χ3v) is 5.89. The van der Waals surface area contributed by atoms with E-state index in [0.29, 0.717) is 19.8 Å². The first-order valence-electron chi connectivity index (χ1n) is 9.86. The van der Waals surface area contributed by atoms with Crippen molar-refractivity contribution < 1.29 is 14.3 Å². The van der Waals surface area contributed by atoms with E-state index in [1.54, 1.807) is 7.11 Å². The molecule has 158 valence electrons. The van der Waals surface area contributed by atoms with Gasteiger partial charge in [-0.2, -0.15) is 0 Å². The van der Waals surface area contributed by atoms with E-state index in [0.717, 1.165) is 24.2 Å². The van der Waals surface area contributed by atoms with Gasteiger partial charge in [-0.3, -0.25) is 4.79 Å². The average molecular weight is 419 g/mol. The predicted molar refractivity (Wildman–Crippen MR) is 118 cm³/mol.